The Morgan fingerprint density at radius 3 is 2.75 bits per heavy atom. The van der Waals surface area contributed by atoms with Crippen LogP contribution in [0.25, 0.3) is 11.2 Å². The highest BCUT2D eigenvalue weighted by atomic mass is 79.9. The number of rotatable bonds is 2. The number of fused-ring (bicyclic) bond motifs is 1. The van der Waals surface area contributed by atoms with Crippen molar-refractivity contribution in [2.45, 2.75) is 13.0 Å². The Morgan fingerprint density at radius 1 is 1.35 bits per heavy atom. The molecule has 0 aliphatic carbocycles. The third-order valence-corrected chi connectivity index (χ3v) is 4.36. The fraction of sp³-hybridized carbons (Fsp3) is 0.583. The van der Waals surface area contributed by atoms with Crippen molar-refractivity contribution in [2.75, 3.05) is 13.2 Å². The minimum atomic E-state index is -0.370. The summed E-state index contributed by atoms with van der Waals surface area (Å²) in [6.07, 6.45) is 0.977. The molecule has 1 fully saturated rings. The third kappa shape index (κ3) is 1.94. The fourth-order valence-corrected chi connectivity index (χ4v) is 3.10. The van der Waals surface area contributed by atoms with Crippen LogP contribution in [0.3, 0.4) is 0 Å². The molecule has 7 nitrogen and oxygen atoms in total. The molecule has 1 atom stereocenters. The lowest BCUT2D eigenvalue weighted by Gasteiger charge is -2.12. The van der Waals surface area contributed by atoms with E-state index in [1.807, 2.05) is 4.57 Å². The van der Waals surface area contributed by atoms with Gasteiger partial charge in [0.2, 0.25) is 0 Å². The zero-order chi connectivity index (χ0) is 14.4. The van der Waals surface area contributed by atoms with Gasteiger partial charge in [0.25, 0.3) is 5.56 Å². The minimum absolute atomic E-state index is 0.306. The minimum Gasteiger partial charge on any atom is -0.381 e. The second-order valence-electron chi connectivity index (χ2n) is 5.10. The van der Waals surface area contributed by atoms with Gasteiger partial charge in [0.1, 0.15) is 0 Å². The first-order chi connectivity index (χ1) is 9.50. The number of hydrogen-bond acceptors (Lipinski definition) is 4. The van der Waals surface area contributed by atoms with Crippen LogP contribution in [0.15, 0.2) is 14.3 Å². The van der Waals surface area contributed by atoms with Crippen molar-refractivity contribution in [3.8, 4) is 0 Å². The number of aryl methyl sites for hydroxylation is 1. The molecule has 0 amide bonds. The fourth-order valence-electron chi connectivity index (χ4n) is 2.61. The van der Waals surface area contributed by atoms with Gasteiger partial charge in [-0.05, 0) is 22.4 Å². The normalized spacial score (nSPS) is 19.1. The number of nitrogens with zero attached hydrogens (tertiary/aromatic N) is 4. The van der Waals surface area contributed by atoms with E-state index in [0.717, 1.165) is 17.6 Å². The molecule has 3 heterocycles. The van der Waals surface area contributed by atoms with Crippen molar-refractivity contribution >= 4 is 27.1 Å². The molecule has 0 radical (unpaired) electrons. The predicted octanol–water partition coefficient (Wildman–Crippen LogP) is 0.233. The van der Waals surface area contributed by atoms with Crippen molar-refractivity contribution in [1.82, 2.24) is 18.7 Å². The van der Waals surface area contributed by atoms with Gasteiger partial charge in [0, 0.05) is 33.2 Å². The van der Waals surface area contributed by atoms with Gasteiger partial charge in [-0.1, -0.05) is 0 Å². The first kappa shape index (κ1) is 13.6. The van der Waals surface area contributed by atoms with Crippen molar-refractivity contribution in [2.24, 2.45) is 20.0 Å². The molecule has 0 spiro atoms. The van der Waals surface area contributed by atoms with Gasteiger partial charge < -0.3 is 9.30 Å². The Hall–Kier alpha value is -1.41. The van der Waals surface area contributed by atoms with Crippen LogP contribution >= 0.6 is 15.9 Å². The number of imidazole rings is 1. The summed E-state index contributed by atoms with van der Waals surface area (Å²) in [5.41, 5.74) is 0.140. The zero-order valence-electron chi connectivity index (χ0n) is 11.3. The van der Waals surface area contributed by atoms with E-state index in [0.29, 0.717) is 35.0 Å². The van der Waals surface area contributed by atoms with Crippen LogP contribution in [0, 0.1) is 5.92 Å². The maximum Gasteiger partial charge on any atom is 0.332 e. The monoisotopic (exact) mass is 342 g/mol. The number of hydrogen-bond donors (Lipinski definition) is 0. The lowest BCUT2D eigenvalue weighted by molar-refractivity contribution is 0.182. The Morgan fingerprint density at radius 2 is 2.10 bits per heavy atom. The Labute approximate surface area is 122 Å². The molecule has 1 aliphatic rings. The summed E-state index contributed by atoms with van der Waals surface area (Å²) >= 11 is 3.38. The highest BCUT2D eigenvalue weighted by Crippen LogP contribution is 2.22. The molecule has 0 N–H and O–H groups in total. The number of ether oxygens (including phenoxy) is 1. The van der Waals surface area contributed by atoms with Crippen LogP contribution in [0.5, 0.6) is 0 Å². The van der Waals surface area contributed by atoms with E-state index in [1.165, 1.54) is 11.6 Å². The average Bonchev–Trinajstić information content (AvgIpc) is 3.04. The van der Waals surface area contributed by atoms with E-state index < -0.39 is 0 Å². The highest BCUT2D eigenvalue weighted by Gasteiger charge is 2.22. The molecule has 0 unspecified atom stereocenters. The summed E-state index contributed by atoms with van der Waals surface area (Å²) in [5.74, 6) is 0.378. The summed E-state index contributed by atoms with van der Waals surface area (Å²) in [7, 11) is 3.11. The van der Waals surface area contributed by atoms with Crippen molar-refractivity contribution < 1.29 is 4.74 Å². The topological polar surface area (TPSA) is 71.0 Å². The average molecular weight is 343 g/mol. The summed E-state index contributed by atoms with van der Waals surface area (Å²) < 4.78 is 10.3. The largest absolute Gasteiger partial charge is 0.381 e. The van der Waals surface area contributed by atoms with Gasteiger partial charge in [-0.15, -0.1) is 0 Å². The molecule has 2 aromatic heterocycles. The van der Waals surface area contributed by atoms with E-state index in [9.17, 15) is 9.59 Å². The maximum atomic E-state index is 12.1. The van der Waals surface area contributed by atoms with E-state index in [2.05, 4.69) is 20.9 Å². The van der Waals surface area contributed by atoms with E-state index >= 15 is 0 Å². The van der Waals surface area contributed by atoms with Crippen LogP contribution in [-0.2, 0) is 25.4 Å². The lowest BCUT2D eigenvalue weighted by Crippen LogP contribution is -2.37. The molecule has 0 saturated carbocycles. The molecular weight excluding hydrogens is 328 g/mol. The van der Waals surface area contributed by atoms with Crippen molar-refractivity contribution in [3.05, 3.63) is 25.6 Å². The molecule has 8 heteroatoms. The second kappa shape index (κ2) is 4.85. The first-order valence-corrected chi connectivity index (χ1v) is 7.19. The smallest absolute Gasteiger partial charge is 0.332 e. The second-order valence-corrected chi connectivity index (χ2v) is 5.81. The van der Waals surface area contributed by atoms with Crippen molar-refractivity contribution in [1.29, 1.82) is 0 Å². The number of halogens is 1. The van der Waals surface area contributed by atoms with Crippen LogP contribution in [0.4, 0.5) is 0 Å². The summed E-state index contributed by atoms with van der Waals surface area (Å²) in [5, 5.41) is 0. The molecule has 0 aromatic carbocycles. The Bertz CT molecular complexity index is 783. The first-order valence-electron chi connectivity index (χ1n) is 6.40. The van der Waals surface area contributed by atoms with Gasteiger partial charge in [-0.2, -0.15) is 0 Å². The van der Waals surface area contributed by atoms with Crippen LogP contribution in [0.2, 0.25) is 0 Å². The molecule has 2 aromatic rings. The van der Waals surface area contributed by atoms with Gasteiger partial charge in [0.15, 0.2) is 15.9 Å². The van der Waals surface area contributed by atoms with E-state index in [1.54, 1.807) is 7.05 Å². The molecule has 3 rings (SSSR count). The standard InChI is InChI=1S/C12H15BrN4O3/c1-15-9-8(10(18)16(2)12(15)19)14-11(13)17(9)5-7-3-4-20-6-7/h7H,3-6H2,1-2H3/t7-/m0/s1. The summed E-state index contributed by atoms with van der Waals surface area (Å²) in [6.45, 7) is 2.14. The Kier molecular flexibility index (Phi) is 3.29. The molecular formula is C12H15BrN4O3. The van der Waals surface area contributed by atoms with Crippen LogP contribution in [-0.4, -0.2) is 31.9 Å². The SMILES string of the molecule is Cn1c(=O)c2nc(Br)n(C[C@@H]3CCOC3)c2n(C)c1=O. The predicted molar refractivity (Wildman–Crippen MR) is 76.8 cm³/mol. The van der Waals surface area contributed by atoms with Gasteiger partial charge in [-0.3, -0.25) is 13.9 Å². The number of aromatic nitrogens is 4. The molecule has 0 bridgehead atoms. The quantitative estimate of drug-likeness (QED) is 0.732. The summed E-state index contributed by atoms with van der Waals surface area (Å²) in [6, 6.07) is 0. The molecule has 108 valence electrons. The zero-order valence-corrected chi connectivity index (χ0v) is 12.9. The molecule has 20 heavy (non-hydrogen) atoms. The van der Waals surface area contributed by atoms with Gasteiger partial charge in [0.05, 0.1) is 6.61 Å². The third-order valence-electron chi connectivity index (χ3n) is 3.76. The van der Waals surface area contributed by atoms with E-state index in [-0.39, 0.29) is 11.2 Å². The summed E-state index contributed by atoms with van der Waals surface area (Å²) in [4.78, 5) is 28.4. The van der Waals surface area contributed by atoms with E-state index in [4.69, 9.17) is 4.74 Å². The molecule has 1 aliphatic heterocycles. The molecule has 1 saturated heterocycles. The van der Waals surface area contributed by atoms with Gasteiger partial charge >= 0.3 is 5.69 Å². The lowest BCUT2D eigenvalue weighted by atomic mass is 10.1. The van der Waals surface area contributed by atoms with Crippen molar-refractivity contribution in [3.63, 3.8) is 0 Å². The highest BCUT2D eigenvalue weighted by molar-refractivity contribution is 9.10. The van der Waals surface area contributed by atoms with Crippen LogP contribution < -0.4 is 11.2 Å². The maximum absolute atomic E-state index is 12.1. The van der Waals surface area contributed by atoms with Gasteiger partial charge in [-0.25, -0.2) is 9.78 Å². The Balaban J connectivity index is 2.24. The van der Waals surface area contributed by atoms with Crippen LogP contribution in [0.1, 0.15) is 6.42 Å².